The third-order valence-corrected chi connectivity index (χ3v) is 6.19. The number of aliphatic hydroxyl groups excluding tert-OH is 1. The smallest absolute Gasteiger partial charge is 0.295 e. The van der Waals surface area contributed by atoms with Crippen molar-refractivity contribution in [3.05, 3.63) is 94.3 Å². The van der Waals surface area contributed by atoms with Crippen molar-refractivity contribution in [3.8, 4) is 17.2 Å². The van der Waals surface area contributed by atoms with Gasteiger partial charge < -0.3 is 24.2 Å². The van der Waals surface area contributed by atoms with Crippen LogP contribution in [0.1, 0.15) is 28.3 Å². The maximum absolute atomic E-state index is 13.8. The Balaban J connectivity index is 1.61. The number of methoxy groups -OCH3 is 1. The van der Waals surface area contributed by atoms with E-state index in [0.717, 1.165) is 5.56 Å². The number of carbonyl (C=O) groups excluding carboxylic acids is 2. The van der Waals surface area contributed by atoms with Crippen LogP contribution < -0.4 is 14.2 Å². The van der Waals surface area contributed by atoms with E-state index >= 15 is 0 Å². The number of benzene rings is 3. The Morgan fingerprint density at radius 2 is 1.80 bits per heavy atom. The molecule has 1 amide bonds. The molecule has 8 heteroatoms. The first-order chi connectivity index (χ1) is 16.9. The highest BCUT2D eigenvalue weighted by molar-refractivity contribution is 6.46. The van der Waals surface area contributed by atoms with Gasteiger partial charge in [-0.15, -0.1) is 0 Å². The Morgan fingerprint density at radius 3 is 2.51 bits per heavy atom. The molecule has 35 heavy (non-hydrogen) atoms. The van der Waals surface area contributed by atoms with Crippen molar-refractivity contribution in [3.63, 3.8) is 0 Å². The second-order valence-electron chi connectivity index (χ2n) is 8.35. The normalized spacial score (nSPS) is 18.3. The lowest BCUT2D eigenvalue weighted by molar-refractivity contribution is -0.140. The summed E-state index contributed by atoms with van der Waals surface area (Å²) in [5.74, 6) is -0.585. The lowest BCUT2D eigenvalue weighted by Gasteiger charge is -2.25. The maximum atomic E-state index is 13.8. The molecular weight excluding hydrogens is 453 g/mol. The van der Waals surface area contributed by atoms with Gasteiger partial charge in [0, 0.05) is 12.1 Å². The summed E-state index contributed by atoms with van der Waals surface area (Å²) in [5, 5.41) is 11.2. The third kappa shape index (κ3) is 3.97. The number of hydrogen-bond donors (Lipinski definition) is 1. The summed E-state index contributed by atoms with van der Waals surface area (Å²) < 4.78 is 29.9. The molecule has 7 nitrogen and oxygen atoms in total. The summed E-state index contributed by atoms with van der Waals surface area (Å²) in [6.45, 7) is 1.77. The molecule has 0 radical (unpaired) electrons. The maximum Gasteiger partial charge on any atom is 0.295 e. The number of halogens is 1. The number of amides is 1. The first-order valence-electron chi connectivity index (χ1n) is 10.9. The van der Waals surface area contributed by atoms with E-state index < -0.39 is 23.5 Å². The zero-order valence-corrected chi connectivity index (χ0v) is 19.1. The van der Waals surface area contributed by atoms with E-state index in [1.165, 1.54) is 30.2 Å². The Morgan fingerprint density at radius 1 is 1.06 bits per heavy atom. The van der Waals surface area contributed by atoms with E-state index in [0.29, 0.717) is 28.4 Å². The van der Waals surface area contributed by atoms with Gasteiger partial charge in [-0.05, 0) is 66.1 Å². The van der Waals surface area contributed by atoms with Gasteiger partial charge in [0.2, 0.25) is 6.79 Å². The van der Waals surface area contributed by atoms with E-state index in [-0.39, 0.29) is 30.2 Å². The second kappa shape index (κ2) is 8.79. The number of likely N-dealkylation sites (tertiary alicyclic amines) is 1. The Kier molecular flexibility index (Phi) is 5.64. The van der Waals surface area contributed by atoms with Crippen LogP contribution in [-0.4, -0.2) is 35.6 Å². The number of Topliss-reactive ketones (excluding diaryl/α,β-unsaturated/α-hetero) is 1. The highest BCUT2D eigenvalue weighted by atomic mass is 19.1. The monoisotopic (exact) mass is 475 g/mol. The lowest BCUT2D eigenvalue weighted by Crippen LogP contribution is -2.29. The number of aryl methyl sites for hydroxylation is 1. The van der Waals surface area contributed by atoms with Crippen molar-refractivity contribution in [2.75, 3.05) is 13.9 Å². The van der Waals surface area contributed by atoms with Crippen LogP contribution >= 0.6 is 0 Å². The summed E-state index contributed by atoms with van der Waals surface area (Å²) in [6, 6.07) is 15.4. The fraction of sp³-hybridized carbons (Fsp3) is 0.185. The molecule has 1 saturated heterocycles. The summed E-state index contributed by atoms with van der Waals surface area (Å²) in [5.41, 5.74) is 1.85. The molecule has 178 valence electrons. The Labute approximate surface area is 201 Å². The highest BCUT2D eigenvalue weighted by Crippen LogP contribution is 2.41. The molecule has 3 aromatic carbocycles. The summed E-state index contributed by atoms with van der Waals surface area (Å²) in [7, 11) is 1.54. The van der Waals surface area contributed by atoms with E-state index in [9.17, 15) is 19.1 Å². The molecule has 2 aliphatic heterocycles. The van der Waals surface area contributed by atoms with Crippen LogP contribution in [0.4, 0.5) is 4.39 Å². The van der Waals surface area contributed by atoms with Crippen molar-refractivity contribution in [1.29, 1.82) is 0 Å². The number of fused-ring (bicyclic) bond motifs is 1. The van der Waals surface area contributed by atoms with Crippen LogP contribution in [-0.2, 0) is 16.1 Å². The van der Waals surface area contributed by atoms with Crippen LogP contribution in [0.2, 0.25) is 0 Å². The van der Waals surface area contributed by atoms with Crippen molar-refractivity contribution in [2.24, 2.45) is 0 Å². The van der Waals surface area contributed by atoms with Gasteiger partial charge in [0.1, 0.15) is 17.3 Å². The van der Waals surface area contributed by atoms with E-state index in [1.807, 2.05) is 0 Å². The predicted octanol–water partition coefficient (Wildman–Crippen LogP) is 4.49. The Hall–Kier alpha value is -4.33. The van der Waals surface area contributed by atoms with Crippen LogP contribution in [0.3, 0.4) is 0 Å². The van der Waals surface area contributed by atoms with Crippen molar-refractivity contribution >= 4 is 17.4 Å². The average molecular weight is 475 g/mol. The molecule has 0 saturated carbocycles. The molecule has 2 aliphatic rings. The zero-order valence-electron chi connectivity index (χ0n) is 19.1. The molecule has 3 aromatic rings. The van der Waals surface area contributed by atoms with E-state index in [1.54, 1.807) is 49.4 Å². The van der Waals surface area contributed by atoms with Crippen molar-refractivity contribution < 1.29 is 33.3 Å². The largest absolute Gasteiger partial charge is 0.507 e. The van der Waals surface area contributed by atoms with Gasteiger partial charge in [0.05, 0.1) is 18.7 Å². The number of ketones is 1. The summed E-state index contributed by atoms with van der Waals surface area (Å²) in [4.78, 5) is 27.8. The fourth-order valence-corrected chi connectivity index (χ4v) is 4.36. The van der Waals surface area contributed by atoms with Crippen LogP contribution in [0.25, 0.3) is 5.76 Å². The number of hydrogen-bond acceptors (Lipinski definition) is 6. The molecular formula is C27H22FNO6. The second-order valence-corrected chi connectivity index (χ2v) is 8.35. The summed E-state index contributed by atoms with van der Waals surface area (Å²) >= 11 is 0. The van der Waals surface area contributed by atoms with Gasteiger partial charge >= 0.3 is 0 Å². The van der Waals surface area contributed by atoms with Gasteiger partial charge in [-0.1, -0.05) is 18.2 Å². The van der Waals surface area contributed by atoms with Crippen LogP contribution in [0, 0.1) is 12.7 Å². The number of nitrogens with zero attached hydrogens (tertiary/aromatic N) is 1. The highest BCUT2D eigenvalue weighted by Gasteiger charge is 2.46. The van der Waals surface area contributed by atoms with Crippen LogP contribution in [0.15, 0.2) is 66.2 Å². The first kappa shape index (κ1) is 22.5. The van der Waals surface area contributed by atoms with Gasteiger partial charge in [0.15, 0.2) is 11.5 Å². The molecule has 1 N–H and O–H groups in total. The molecule has 0 aliphatic carbocycles. The molecule has 0 aromatic heterocycles. The molecule has 0 bridgehead atoms. The third-order valence-electron chi connectivity index (χ3n) is 6.19. The molecule has 2 heterocycles. The van der Waals surface area contributed by atoms with Gasteiger partial charge in [-0.25, -0.2) is 4.39 Å². The summed E-state index contributed by atoms with van der Waals surface area (Å²) in [6.07, 6.45) is 0. The lowest BCUT2D eigenvalue weighted by atomic mass is 9.94. The SMILES string of the molecule is COc1ccc(C2/C(=C(\O)c3ccc(F)c(C)c3)C(=O)C(=O)N2Cc2ccc3c(c2)OCO3)cc1. The molecule has 1 unspecified atom stereocenters. The van der Waals surface area contributed by atoms with E-state index in [4.69, 9.17) is 14.2 Å². The van der Waals surface area contributed by atoms with E-state index in [2.05, 4.69) is 0 Å². The molecule has 0 spiro atoms. The van der Waals surface area contributed by atoms with Crippen molar-refractivity contribution in [2.45, 2.75) is 19.5 Å². The minimum absolute atomic E-state index is 0.0630. The molecule has 1 atom stereocenters. The average Bonchev–Trinajstić information content (AvgIpc) is 3.43. The van der Waals surface area contributed by atoms with Gasteiger partial charge in [-0.3, -0.25) is 9.59 Å². The number of rotatable bonds is 5. The topological polar surface area (TPSA) is 85.3 Å². The van der Waals surface area contributed by atoms with Gasteiger partial charge in [0.25, 0.3) is 11.7 Å². The van der Waals surface area contributed by atoms with Crippen LogP contribution in [0.5, 0.6) is 17.2 Å². The first-order valence-corrected chi connectivity index (χ1v) is 10.9. The fourth-order valence-electron chi connectivity index (χ4n) is 4.36. The van der Waals surface area contributed by atoms with Gasteiger partial charge in [-0.2, -0.15) is 0 Å². The number of ether oxygens (including phenoxy) is 3. The van der Waals surface area contributed by atoms with Crippen molar-refractivity contribution in [1.82, 2.24) is 4.90 Å². The number of aliphatic hydroxyl groups is 1. The quantitative estimate of drug-likeness (QED) is 0.333. The Bertz CT molecular complexity index is 1360. The predicted molar refractivity (Wildman–Crippen MR) is 125 cm³/mol. The number of carbonyl (C=O) groups is 2. The molecule has 1 fully saturated rings. The minimum atomic E-state index is -0.864. The molecule has 5 rings (SSSR count). The standard InChI is InChI=1S/C27H22FNO6/c1-15-11-18(6-9-20(15)28)25(30)23-24(17-4-7-19(33-2)8-5-17)29(27(32)26(23)31)13-16-3-10-21-22(12-16)35-14-34-21/h3-12,24,30H,13-14H2,1-2H3/b25-23+. The zero-order chi connectivity index (χ0) is 24.7. The minimum Gasteiger partial charge on any atom is -0.507 e.